The maximum absolute atomic E-state index is 13.1. The van der Waals surface area contributed by atoms with E-state index in [4.69, 9.17) is 9.72 Å². The van der Waals surface area contributed by atoms with Crippen LogP contribution >= 0.6 is 47.3 Å². The van der Waals surface area contributed by atoms with Crippen molar-refractivity contribution in [3.63, 3.8) is 0 Å². The average Bonchev–Trinajstić information content (AvgIpc) is 3.15. The molecule has 0 N–H and O–H groups in total. The number of thiazole rings is 1. The first kappa shape index (κ1) is 24.8. The third-order valence-electron chi connectivity index (χ3n) is 4.31. The lowest BCUT2D eigenvalue weighted by Crippen LogP contribution is -2.37. The molecule has 0 fully saturated rings. The van der Waals surface area contributed by atoms with E-state index >= 15 is 0 Å². The molecule has 3 aromatic rings. The summed E-state index contributed by atoms with van der Waals surface area (Å²) in [6.07, 6.45) is 2.06. The van der Waals surface area contributed by atoms with E-state index in [0.29, 0.717) is 12.3 Å². The van der Waals surface area contributed by atoms with Crippen molar-refractivity contribution in [2.75, 3.05) is 51.2 Å². The number of thioether (sulfide) groups is 2. The highest BCUT2D eigenvalue weighted by atomic mass is 35.5. The minimum atomic E-state index is 0. The number of amides is 1. The molecule has 2 aromatic carbocycles. The molecule has 0 aliphatic rings. The van der Waals surface area contributed by atoms with Crippen molar-refractivity contribution < 1.29 is 9.53 Å². The van der Waals surface area contributed by atoms with Crippen molar-refractivity contribution in [1.29, 1.82) is 0 Å². The van der Waals surface area contributed by atoms with Gasteiger partial charge in [0.2, 0.25) is 5.91 Å². The number of carbonyl (C=O) groups is 1. The Hall–Kier alpha value is -1.45. The van der Waals surface area contributed by atoms with Gasteiger partial charge >= 0.3 is 0 Å². The van der Waals surface area contributed by atoms with E-state index in [1.54, 1.807) is 30.2 Å². The van der Waals surface area contributed by atoms with Gasteiger partial charge in [0.25, 0.3) is 0 Å². The van der Waals surface area contributed by atoms with Crippen molar-refractivity contribution in [3.05, 3.63) is 42.5 Å². The monoisotopic (exact) mass is 483 g/mol. The molecule has 0 spiro atoms. The van der Waals surface area contributed by atoms with E-state index in [2.05, 4.69) is 23.3 Å². The Kier molecular flexibility index (Phi) is 9.77. The molecule has 0 bridgehead atoms. The SMILES string of the molecule is COc1ccc(SCC(=O)N(CCN(C)C)c2nc3ccc(SC)cc3s2)cc1.Cl. The second-order valence-electron chi connectivity index (χ2n) is 6.64. The summed E-state index contributed by atoms with van der Waals surface area (Å²) in [4.78, 5) is 24.0. The Morgan fingerprint density at radius 2 is 1.80 bits per heavy atom. The van der Waals surface area contributed by atoms with Gasteiger partial charge in [-0.15, -0.1) is 35.9 Å². The summed E-state index contributed by atoms with van der Waals surface area (Å²) < 4.78 is 6.30. The molecule has 0 aliphatic heterocycles. The van der Waals surface area contributed by atoms with Crippen LogP contribution in [0.5, 0.6) is 5.75 Å². The number of rotatable bonds is 9. The largest absolute Gasteiger partial charge is 0.497 e. The number of anilines is 1. The lowest BCUT2D eigenvalue weighted by molar-refractivity contribution is -0.116. The number of halogens is 1. The molecular formula is C21H26ClN3O2S3. The summed E-state index contributed by atoms with van der Waals surface area (Å²) in [5.74, 6) is 1.25. The first-order valence-electron chi connectivity index (χ1n) is 9.16. The fraction of sp³-hybridized carbons (Fsp3) is 0.333. The maximum Gasteiger partial charge on any atom is 0.239 e. The van der Waals surface area contributed by atoms with Crippen LogP contribution in [0.25, 0.3) is 10.2 Å². The number of fused-ring (bicyclic) bond motifs is 1. The molecule has 30 heavy (non-hydrogen) atoms. The van der Waals surface area contributed by atoms with Gasteiger partial charge in [-0.05, 0) is 62.8 Å². The molecule has 0 atom stereocenters. The molecule has 9 heteroatoms. The zero-order valence-corrected chi connectivity index (χ0v) is 20.7. The minimum Gasteiger partial charge on any atom is -0.497 e. The Morgan fingerprint density at radius 3 is 2.43 bits per heavy atom. The van der Waals surface area contributed by atoms with Crippen LogP contribution in [0.15, 0.2) is 52.3 Å². The molecule has 0 saturated heterocycles. The number of likely N-dealkylation sites (N-methyl/N-ethyl adjacent to an activating group) is 1. The van der Waals surface area contributed by atoms with Gasteiger partial charge in [-0.3, -0.25) is 9.69 Å². The van der Waals surface area contributed by atoms with Crippen LogP contribution < -0.4 is 9.64 Å². The van der Waals surface area contributed by atoms with E-state index < -0.39 is 0 Å². The highest BCUT2D eigenvalue weighted by Gasteiger charge is 2.20. The molecule has 0 saturated carbocycles. The summed E-state index contributed by atoms with van der Waals surface area (Å²) in [5.41, 5.74) is 0.938. The normalized spacial score (nSPS) is 10.8. The van der Waals surface area contributed by atoms with Gasteiger partial charge in [0.15, 0.2) is 5.13 Å². The summed E-state index contributed by atoms with van der Waals surface area (Å²) in [6, 6.07) is 14.0. The number of benzene rings is 2. The predicted octanol–water partition coefficient (Wildman–Crippen LogP) is 5.14. The molecule has 1 heterocycles. The second kappa shape index (κ2) is 11.8. The number of nitrogens with zero attached hydrogens (tertiary/aromatic N) is 3. The zero-order valence-electron chi connectivity index (χ0n) is 17.5. The summed E-state index contributed by atoms with van der Waals surface area (Å²) in [7, 11) is 5.67. The van der Waals surface area contributed by atoms with Gasteiger partial charge < -0.3 is 9.64 Å². The first-order valence-corrected chi connectivity index (χ1v) is 12.2. The number of hydrogen-bond donors (Lipinski definition) is 0. The Balaban J connectivity index is 0.00000320. The quantitative estimate of drug-likeness (QED) is 0.393. The topological polar surface area (TPSA) is 45.7 Å². The molecule has 0 radical (unpaired) electrons. The fourth-order valence-electron chi connectivity index (χ4n) is 2.66. The molecule has 1 amide bonds. The lowest BCUT2D eigenvalue weighted by atomic mass is 10.3. The number of carbonyl (C=O) groups excluding carboxylic acids is 1. The zero-order chi connectivity index (χ0) is 20.8. The number of ether oxygens (including phenoxy) is 1. The number of aromatic nitrogens is 1. The highest BCUT2D eigenvalue weighted by molar-refractivity contribution is 8.00. The van der Waals surface area contributed by atoms with Crippen molar-refractivity contribution >= 4 is 68.5 Å². The predicted molar refractivity (Wildman–Crippen MR) is 133 cm³/mol. The minimum absolute atomic E-state index is 0. The smallest absolute Gasteiger partial charge is 0.239 e. The third-order valence-corrected chi connectivity index (χ3v) is 7.07. The van der Waals surface area contributed by atoms with Gasteiger partial charge in [0.1, 0.15) is 5.75 Å². The molecule has 3 rings (SSSR count). The van der Waals surface area contributed by atoms with E-state index in [9.17, 15) is 4.79 Å². The van der Waals surface area contributed by atoms with Crippen LogP contribution in [-0.4, -0.2) is 62.1 Å². The van der Waals surface area contributed by atoms with E-state index in [-0.39, 0.29) is 18.3 Å². The van der Waals surface area contributed by atoms with E-state index in [0.717, 1.165) is 32.5 Å². The summed E-state index contributed by atoms with van der Waals surface area (Å²) >= 11 is 4.82. The Bertz CT molecular complexity index is 964. The third kappa shape index (κ3) is 6.52. The molecule has 5 nitrogen and oxygen atoms in total. The standard InChI is InChI=1S/C21H25N3O2S3.ClH/c1-23(2)11-12-24(20(25)14-28-16-7-5-15(26-3)6-8-16)21-22-18-10-9-17(27-4)13-19(18)29-21;/h5-10,13H,11-12,14H2,1-4H3;1H. The second-order valence-corrected chi connectivity index (χ2v) is 9.58. The average molecular weight is 484 g/mol. The van der Waals surface area contributed by atoms with Gasteiger partial charge in [0.05, 0.1) is 23.1 Å². The molecule has 1 aromatic heterocycles. The molecule has 0 aliphatic carbocycles. The van der Waals surface area contributed by atoms with E-state index in [1.807, 2.05) is 49.3 Å². The number of methoxy groups -OCH3 is 1. The molecular weight excluding hydrogens is 458 g/mol. The van der Waals surface area contributed by atoms with Gasteiger partial charge in [-0.1, -0.05) is 11.3 Å². The Morgan fingerprint density at radius 1 is 1.10 bits per heavy atom. The summed E-state index contributed by atoms with van der Waals surface area (Å²) in [5, 5.41) is 0.764. The molecule has 162 valence electrons. The van der Waals surface area contributed by atoms with Crippen LogP contribution in [0.4, 0.5) is 5.13 Å². The maximum atomic E-state index is 13.1. The van der Waals surface area contributed by atoms with Crippen LogP contribution in [0.2, 0.25) is 0 Å². The number of hydrogen-bond acceptors (Lipinski definition) is 7. The van der Waals surface area contributed by atoms with Crippen LogP contribution in [0.3, 0.4) is 0 Å². The van der Waals surface area contributed by atoms with Crippen molar-refractivity contribution in [3.8, 4) is 5.75 Å². The molecule has 0 unspecified atom stereocenters. The van der Waals surface area contributed by atoms with Crippen molar-refractivity contribution in [2.45, 2.75) is 9.79 Å². The fourth-order valence-corrected chi connectivity index (χ4v) is 4.99. The van der Waals surface area contributed by atoms with Gasteiger partial charge in [-0.2, -0.15) is 0 Å². The van der Waals surface area contributed by atoms with Crippen molar-refractivity contribution in [2.24, 2.45) is 0 Å². The first-order chi connectivity index (χ1) is 14.0. The van der Waals surface area contributed by atoms with Gasteiger partial charge in [0, 0.05) is 22.9 Å². The van der Waals surface area contributed by atoms with Crippen LogP contribution in [-0.2, 0) is 4.79 Å². The van der Waals surface area contributed by atoms with Crippen LogP contribution in [0, 0.1) is 0 Å². The van der Waals surface area contributed by atoms with Crippen LogP contribution in [0.1, 0.15) is 0 Å². The van der Waals surface area contributed by atoms with Gasteiger partial charge in [-0.25, -0.2) is 4.98 Å². The Labute approximate surface area is 196 Å². The van der Waals surface area contributed by atoms with Crippen molar-refractivity contribution in [1.82, 2.24) is 9.88 Å². The van der Waals surface area contributed by atoms with E-state index in [1.165, 1.54) is 16.7 Å². The summed E-state index contributed by atoms with van der Waals surface area (Å²) in [6.45, 7) is 1.40. The lowest BCUT2D eigenvalue weighted by Gasteiger charge is -2.21. The highest BCUT2D eigenvalue weighted by Crippen LogP contribution is 2.32.